The molecule has 0 saturated carbocycles. The summed E-state index contributed by atoms with van der Waals surface area (Å²) in [6.07, 6.45) is 2.18. The minimum atomic E-state index is -0.121. The van der Waals surface area contributed by atoms with Gasteiger partial charge in [-0.05, 0) is 40.0 Å². The van der Waals surface area contributed by atoms with Crippen LogP contribution in [-0.2, 0) is 4.79 Å². The summed E-state index contributed by atoms with van der Waals surface area (Å²) in [4.78, 5) is 13.1. The molecule has 0 aromatic heterocycles. The van der Waals surface area contributed by atoms with Gasteiger partial charge in [0.2, 0.25) is 5.91 Å². The number of carbonyl (C=O) groups is 1. The Labute approximate surface area is 91.4 Å². The van der Waals surface area contributed by atoms with E-state index in [1.165, 1.54) is 0 Å². The smallest absolute Gasteiger partial charge is 0.234 e. The fraction of sp³-hybridized carbons (Fsp3) is 0.800. The largest absolute Gasteiger partial charge is 0.342 e. The Morgan fingerprint density at radius 3 is 2.73 bits per heavy atom. The standard InChI is InChI=1S/C10H20N4O/c1-14(2)8-4-3-6-12-9-10(15)13-7-5-11/h12H,3-4,6-9H2,1-2H3,(H,13,15). The lowest BCUT2D eigenvalue weighted by molar-refractivity contribution is -0.120. The van der Waals surface area contributed by atoms with Crippen LogP contribution >= 0.6 is 0 Å². The maximum Gasteiger partial charge on any atom is 0.234 e. The molecule has 0 unspecified atom stereocenters. The zero-order chi connectivity index (χ0) is 11.5. The highest BCUT2D eigenvalue weighted by Crippen LogP contribution is 1.88. The summed E-state index contributed by atoms with van der Waals surface area (Å²) in [7, 11) is 4.09. The summed E-state index contributed by atoms with van der Waals surface area (Å²) in [6, 6.07) is 1.86. The third-order valence-corrected chi connectivity index (χ3v) is 1.86. The van der Waals surface area contributed by atoms with Crippen molar-refractivity contribution in [3.8, 4) is 6.07 Å². The van der Waals surface area contributed by atoms with Gasteiger partial charge >= 0.3 is 0 Å². The van der Waals surface area contributed by atoms with Crippen molar-refractivity contribution in [3.05, 3.63) is 0 Å². The molecule has 0 saturated heterocycles. The molecule has 0 heterocycles. The molecule has 0 aromatic rings. The number of hydrogen-bond acceptors (Lipinski definition) is 4. The van der Waals surface area contributed by atoms with Crippen molar-refractivity contribution in [2.45, 2.75) is 12.8 Å². The van der Waals surface area contributed by atoms with Crippen LogP contribution in [0.15, 0.2) is 0 Å². The molecule has 0 aromatic carbocycles. The number of nitrogens with one attached hydrogen (secondary N) is 2. The molecule has 0 radical (unpaired) electrons. The number of carbonyl (C=O) groups excluding carboxylic acids is 1. The number of amides is 1. The monoisotopic (exact) mass is 212 g/mol. The van der Waals surface area contributed by atoms with Gasteiger partial charge in [-0.2, -0.15) is 5.26 Å². The Morgan fingerprint density at radius 2 is 2.13 bits per heavy atom. The molecule has 0 rings (SSSR count). The van der Waals surface area contributed by atoms with Gasteiger partial charge in [0, 0.05) is 0 Å². The quantitative estimate of drug-likeness (QED) is 0.423. The van der Waals surface area contributed by atoms with Crippen LogP contribution in [0.3, 0.4) is 0 Å². The molecule has 1 amide bonds. The van der Waals surface area contributed by atoms with Crippen molar-refractivity contribution in [2.24, 2.45) is 0 Å². The zero-order valence-corrected chi connectivity index (χ0v) is 9.55. The summed E-state index contributed by atoms with van der Waals surface area (Å²) in [5, 5.41) is 13.7. The molecule has 5 heteroatoms. The van der Waals surface area contributed by atoms with Crippen LogP contribution in [0.2, 0.25) is 0 Å². The van der Waals surface area contributed by atoms with Crippen molar-refractivity contribution in [1.82, 2.24) is 15.5 Å². The van der Waals surface area contributed by atoms with E-state index in [1.807, 2.05) is 20.2 Å². The maximum atomic E-state index is 11.0. The first-order valence-electron chi connectivity index (χ1n) is 5.16. The van der Waals surface area contributed by atoms with Crippen molar-refractivity contribution < 1.29 is 4.79 Å². The highest BCUT2D eigenvalue weighted by Gasteiger charge is 1.98. The topological polar surface area (TPSA) is 68.2 Å². The van der Waals surface area contributed by atoms with Gasteiger partial charge in [-0.25, -0.2) is 0 Å². The van der Waals surface area contributed by atoms with Crippen LogP contribution in [-0.4, -0.2) is 51.1 Å². The average Bonchev–Trinajstić information content (AvgIpc) is 2.19. The first-order valence-corrected chi connectivity index (χ1v) is 5.16. The Morgan fingerprint density at radius 1 is 1.40 bits per heavy atom. The van der Waals surface area contributed by atoms with Gasteiger partial charge in [0.15, 0.2) is 0 Å². The summed E-state index contributed by atoms with van der Waals surface area (Å²) >= 11 is 0. The lowest BCUT2D eigenvalue weighted by Gasteiger charge is -2.09. The number of nitriles is 1. The molecular formula is C10H20N4O. The normalized spacial score (nSPS) is 10.0. The molecule has 0 aliphatic rings. The lowest BCUT2D eigenvalue weighted by Crippen LogP contribution is -2.34. The van der Waals surface area contributed by atoms with Gasteiger partial charge in [-0.3, -0.25) is 4.79 Å². The van der Waals surface area contributed by atoms with Crippen molar-refractivity contribution in [1.29, 1.82) is 5.26 Å². The predicted octanol–water partition coefficient (Wildman–Crippen LogP) is -0.442. The van der Waals surface area contributed by atoms with Gasteiger partial charge in [0.05, 0.1) is 12.6 Å². The van der Waals surface area contributed by atoms with E-state index in [0.717, 1.165) is 25.9 Å². The molecule has 0 atom stereocenters. The maximum absolute atomic E-state index is 11.0. The Hall–Kier alpha value is -1.12. The summed E-state index contributed by atoms with van der Waals surface area (Å²) in [6.45, 7) is 2.29. The highest BCUT2D eigenvalue weighted by atomic mass is 16.1. The summed E-state index contributed by atoms with van der Waals surface area (Å²) in [5.41, 5.74) is 0. The van der Waals surface area contributed by atoms with E-state index in [9.17, 15) is 4.79 Å². The van der Waals surface area contributed by atoms with Crippen LogP contribution in [0.5, 0.6) is 0 Å². The van der Waals surface area contributed by atoms with Crippen LogP contribution in [0, 0.1) is 11.3 Å². The van der Waals surface area contributed by atoms with E-state index in [-0.39, 0.29) is 12.5 Å². The lowest BCUT2D eigenvalue weighted by atomic mass is 10.3. The molecule has 86 valence electrons. The molecule has 15 heavy (non-hydrogen) atoms. The molecule has 0 aliphatic heterocycles. The van der Waals surface area contributed by atoms with Crippen LogP contribution in [0.4, 0.5) is 0 Å². The van der Waals surface area contributed by atoms with Gasteiger partial charge in [0.1, 0.15) is 6.54 Å². The third kappa shape index (κ3) is 10.8. The van der Waals surface area contributed by atoms with E-state index in [0.29, 0.717) is 6.54 Å². The molecule has 0 aliphatic carbocycles. The van der Waals surface area contributed by atoms with Gasteiger partial charge in [0.25, 0.3) is 0 Å². The summed E-state index contributed by atoms with van der Waals surface area (Å²) < 4.78 is 0. The van der Waals surface area contributed by atoms with E-state index in [4.69, 9.17) is 5.26 Å². The molecule has 5 nitrogen and oxygen atoms in total. The van der Waals surface area contributed by atoms with E-state index >= 15 is 0 Å². The van der Waals surface area contributed by atoms with Gasteiger partial charge < -0.3 is 15.5 Å². The molecule has 2 N–H and O–H groups in total. The number of nitrogens with zero attached hydrogens (tertiary/aromatic N) is 2. The number of hydrogen-bond donors (Lipinski definition) is 2. The number of unbranched alkanes of at least 4 members (excludes halogenated alkanes) is 1. The molecule has 0 fully saturated rings. The Balaban J connectivity index is 3.17. The minimum Gasteiger partial charge on any atom is -0.342 e. The van der Waals surface area contributed by atoms with E-state index in [2.05, 4.69) is 15.5 Å². The van der Waals surface area contributed by atoms with Crippen molar-refractivity contribution >= 4 is 5.91 Å². The first-order chi connectivity index (χ1) is 7.16. The Kier molecular flexibility index (Phi) is 8.73. The molecular weight excluding hydrogens is 192 g/mol. The highest BCUT2D eigenvalue weighted by molar-refractivity contribution is 5.78. The van der Waals surface area contributed by atoms with Gasteiger partial charge in [-0.15, -0.1) is 0 Å². The fourth-order valence-electron chi connectivity index (χ4n) is 1.08. The molecule has 0 bridgehead atoms. The Bertz CT molecular complexity index is 210. The number of rotatable bonds is 8. The van der Waals surface area contributed by atoms with Crippen LogP contribution in [0.25, 0.3) is 0 Å². The van der Waals surface area contributed by atoms with Gasteiger partial charge in [-0.1, -0.05) is 0 Å². The first kappa shape index (κ1) is 13.9. The van der Waals surface area contributed by atoms with Crippen molar-refractivity contribution in [2.75, 3.05) is 40.3 Å². The second-order valence-corrected chi connectivity index (χ2v) is 3.62. The second-order valence-electron chi connectivity index (χ2n) is 3.62. The van der Waals surface area contributed by atoms with Crippen LogP contribution in [0.1, 0.15) is 12.8 Å². The van der Waals surface area contributed by atoms with E-state index in [1.54, 1.807) is 0 Å². The second kappa shape index (κ2) is 9.44. The van der Waals surface area contributed by atoms with E-state index < -0.39 is 0 Å². The SMILES string of the molecule is CN(C)CCCCNCC(=O)NCC#N. The summed E-state index contributed by atoms with van der Waals surface area (Å²) in [5.74, 6) is -0.121. The zero-order valence-electron chi connectivity index (χ0n) is 9.55. The fourth-order valence-corrected chi connectivity index (χ4v) is 1.08. The third-order valence-electron chi connectivity index (χ3n) is 1.86. The average molecular weight is 212 g/mol. The van der Waals surface area contributed by atoms with Crippen LogP contribution < -0.4 is 10.6 Å². The van der Waals surface area contributed by atoms with Crippen molar-refractivity contribution in [3.63, 3.8) is 0 Å². The minimum absolute atomic E-state index is 0.0845. The molecule has 0 spiro atoms. The predicted molar refractivity (Wildman–Crippen MR) is 59.3 cm³/mol.